The molecule has 1 aromatic heterocycles. The lowest BCUT2D eigenvalue weighted by Gasteiger charge is -2.36. The van der Waals surface area contributed by atoms with Gasteiger partial charge in [0.25, 0.3) is 5.91 Å². The first kappa shape index (κ1) is 20.3. The highest BCUT2D eigenvalue weighted by Gasteiger charge is 2.25. The second-order valence-electron chi connectivity index (χ2n) is 7.30. The van der Waals surface area contributed by atoms with Crippen molar-refractivity contribution in [1.82, 2.24) is 9.88 Å². The third-order valence-electron chi connectivity index (χ3n) is 5.31. The highest BCUT2D eigenvalue weighted by atomic mass is 32.1. The molecule has 0 N–H and O–H groups in total. The summed E-state index contributed by atoms with van der Waals surface area (Å²) in [5, 5.41) is 0.874. The van der Waals surface area contributed by atoms with Gasteiger partial charge in [-0.05, 0) is 48.9 Å². The zero-order valence-electron chi connectivity index (χ0n) is 17.1. The second kappa shape index (κ2) is 8.83. The van der Waals surface area contributed by atoms with Crippen LogP contribution in [0.1, 0.15) is 25.9 Å². The Morgan fingerprint density at radius 3 is 2.37 bits per heavy atom. The van der Waals surface area contributed by atoms with Gasteiger partial charge in [-0.2, -0.15) is 0 Å². The number of aromatic nitrogens is 1. The third-order valence-corrected chi connectivity index (χ3v) is 6.45. The number of nitrogens with zero attached hydrogens (tertiary/aromatic N) is 3. The Balaban J connectivity index is 1.39. The number of methoxy groups -OCH3 is 1. The summed E-state index contributed by atoms with van der Waals surface area (Å²) < 4.78 is 18.3. The summed E-state index contributed by atoms with van der Waals surface area (Å²) in [7, 11) is 1.66. The highest BCUT2D eigenvalue weighted by Crippen LogP contribution is 2.25. The number of hydrogen-bond donors (Lipinski definition) is 0. The summed E-state index contributed by atoms with van der Waals surface area (Å²) in [5.74, 6) is 0.633. The van der Waals surface area contributed by atoms with Crippen molar-refractivity contribution in [3.05, 3.63) is 75.5 Å². The monoisotopic (exact) mass is 425 g/mol. The number of rotatable bonds is 5. The maximum Gasteiger partial charge on any atom is 0.265 e. The number of aryl methyl sites for hydroxylation is 1. The molecule has 1 saturated heterocycles. The first-order valence-corrected chi connectivity index (χ1v) is 10.7. The van der Waals surface area contributed by atoms with Gasteiger partial charge in [-0.1, -0.05) is 12.1 Å². The second-order valence-corrected chi connectivity index (χ2v) is 8.39. The molecule has 30 heavy (non-hydrogen) atoms. The lowest BCUT2D eigenvalue weighted by molar-refractivity contribution is 0.0750. The number of thiazole rings is 1. The molecule has 7 heteroatoms. The van der Waals surface area contributed by atoms with Crippen LogP contribution in [0.25, 0.3) is 0 Å². The van der Waals surface area contributed by atoms with Crippen LogP contribution in [-0.4, -0.2) is 49.1 Å². The van der Waals surface area contributed by atoms with Crippen molar-refractivity contribution in [3.63, 3.8) is 0 Å². The summed E-state index contributed by atoms with van der Waals surface area (Å²) in [6, 6.07) is 14.4. The first-order chi connectivity index (χ1) is 14.5. The van der Waals surface area contributed by atoms with E-state index in [1.165, 1.54) is 23.5 Å². The van der Waals surface area contributed by atoms with Gasteiger partial charge in [0.05, 0.1) is 17.8 Å². The Kier molecular flexibility index (Phi) is 5.99. The van der Waals surface area contributed by atoms with Crippen molar-refractivity contribution in [2.45, 2.75) is 13.3 Å². The number of amides is 1. The van der Waals surface area contributed by atoms with E-state index < -0.39 is 0 Å². The number of carbonyl (C=O) groups excluding carboxylic acids is 1. The number of anilines is 1. The van der Waals surface area contributed by atoms with Crippen molar-refractivity contribution >= 4 is 22.9 Å². The van der Waals surface area contributed by atoms with E-state index in [2.05, 4.69) is 9.88 Å². The molecule has 5 nitrogen and oxygen atoms in total. The lowest BCUT2D eigenvalue weighted by Crippen LogP contribution is -2.48. The van der Waals surface area contributed by atoms with Crippen LogP contribution in [-0.2, 0) is 6.42 Å². The molecule has 0 aliphatic carbocycles. The number of halogens is 1. The zero-order chi connectivity index (χ0) is 21.1. The minimum absolute atomic E-state index is 0.0461. The zero-order valence-corrected chi connectivity index (χ0v) is 17.9. The van der Waals surface area contributed by atoms with Gasteiger partial charge in [0.1, 0.15) is 16.4 Å². The topological polar surface area (TPSA) is 45.7 Å². The van der Waals surface area contributed by atoms with Crippen LogP contribution < -0.4 is 9.64 Å². The van der Waals surface area contributed by atoms with Crippen LogP contribution in [0.5, 0.6) is 5.75 Å². The quantitative estimate of drug-likeness (QED) is 0.616. The fourth-order valence-electron chi connectivity index (χ4n) is 3.61. The normalized spacial score (nSPS) is 14.1. The largest absolute Gasteiger partial charge is 0.497 e. The maximum atomic E-state index is 13.1. The standard InChI is InChI=1S/C23H24FN3O2S/c1-16-22(30-21(25-16)15-17-3-5-18(24)6-4-17)23(28)27-13-11-26(12-14-27)19-7-9-20(29-2)10-8-19/h3-10H,11-15H2,1-2H3. The van der Waals surface area contributed by atoms with Gasteiger partial charge in [-0.25, -0.2) is 9.37 Å². The van der Waals surface area contributed by atoms with Crippen molar-refractivity contribution in [2.24, 2.45) is 0 Å². The van der Waals surface area contributed by atoms with Crippen LogP contribution in [0.3, 0.4) is 0 Å². The molecule has 156 valence electrons. The number of ether oxygens (including phenoxy) is 1. The van der Waals surface area contributed by atoms with E-state index >= 15 is 0 Å². The third kappa shape index (κ3) is 4.46. The van der Waals surface area contributed by atoms with Crippen LogP contribution in [0.15, 0.2) is 48.5 Å². The summed E-state index contributed by atoms with van der Waals surface area (Å²) in [6.45, 7) is 4.81. The van der Waals surface area contributed by atoms with E-state index in [1.807, 2.05) is 36.1 Å². The number of hydrogen-bond acceptors (Lipinski definition) is 5. The van der Waals surface area contributed by atoms with Crippen LogP contribution in [0, 0.1) is 12.7 Å². The Labute approximate surface area is 179 Å². The van der Waals surface area contributed by atoms with E-state index in [0.717, 1.165) is 40.8 Å². The fraction of sp³-hybridized carbons (Fsp3) is 0.304. The molecule has 2 heterocycles. The molecule has 4 rings (SSSR count). The van der Waals surface area contributed by atoms with Crippen molar-refractivity contribution < 1.29 is 13.9 Å². The SMILES string of the molecule is COc1ccc(N2CCN(C(=O)c3sc(Cc4ccc(F)cc4)nc3C)CC2)cc1. The van der Waals surface area contributed by atoms with Crippen LogP contribution in [0.2, 0.25) is 0 Å². The smallest absolute Gasteiger partial charge is 0.265 e. The molecule has 0 spiro atoms. The summed E-state index contributed by atoms with van der Waals surface area (Å²) in [6.07, 6.45) is 0.602. The average molecular weight is 426 g/mol. The molecule has 0 bridgehead atoms. The van der Waals surface area contributed by atoms with Crippen LogP contribution >= 0.6 is 11.3 Å². The molecule has 1 aliphatic heterocycles. The Hall–Kier alpha value is -2.93. The maximum absolute atomic E-state index is 13.1. The van der Waals surface area contributed by atoms with Gasteiger partial charge in [0.15, 0.2) is 0 Å². The Bertz CT molecular complexity index is 1010. The average Bonchev–Trinajstić information content (AvgIpc) is 3.15. The minimum Gasteiger partial charge on any atom is -0.497 e. The minimum atomic E-state index is -0.251. The van der Waals surface area contributed by atoms with E-state index in [4.69, 9.17) is 4.74 Å². The molecule has 0 radical (unpaired) electrons. The molecular formula is C23H24FN3O2S. The van der Waals surface area contributed by atoms with Crippen LogP contribution in [0.4, 0.5) is 10.1 Å². The summed E-state index contributed by atoms with van der Waals surface area (Å²) in [4.78, 5) is 22.5. The molecular weight excluding hydrogens is 401 g/mol. The molecule has 1 aliphatic rings. The molecule has 0 atom stereocenters. The number of piperazine rings is 1. The number of carbonyl (C=O) groups is 1. The van der Waals surface area contributed by atoms with Gasteiger partial charge in [0, 0.05) is 38.3 Å². The van der Waals surface area contributed by atoms with E-state index in [-0.39, 0.29) is 11.7 Å². The molecule has 2 aromatic carbocycles. The van der Waals surface area contributed by atoms with E-state index in [0.29, 0.717) is 24.4 Å². The first-order valence-electron chi connectivity index (χ1n) is 9.92. The highest BCUT2D eigenvalue weighted by molar-refractivity contribution is 7.13. The van der Waals surface area contributed by atoms with Gasteiger partial charge in [0.2, 0.25) is 0 Å². The Morgan fingerprint density at radius 1 is 1.07 bits per heavy atom. The van der Waals surface area contributed by atoms with Crippen molar-refractivity contribution in [3.8, 4) is 5.75 Å². The van der Waals surface area contributed by atoms with Gasteiger partial charge in [-0.3, -0.25) is 4.79 Å². The molecule has 0 saturated carbocycles. The number of benzene rings is 2. The molecule has 3 aromatic rings. The summed E-state index contributed by atoms with van der Waals surface area (Å²) >= 11 is 1.44. The van der Waals surface area contributed by atoms with Gasteiger partial charge >= 0.3 is 0 Å². The summed E-state index contributed by atoms with van der Waals surface area (Å²) in [5.41, 5.74) is 2.88. The van der Waals surface area contributed by atoms with Gasteiger partial charge < -0.3 is 14.5 Å². The molecule has 1 fully saturated rings. The molecule has 1 amide bonds. The fourth-order valence-corrected chi connectivity index (χ4v) is 4.67. The van der Waals surface area contributed by atoms with Crippen molar-refractivity contribution in [2.75, 3.05) is 38.2 Å². The van der Waals surface area contributed by atoms with E-state index in [9.17, 15) is 9.18 Å². The molecule has 0 unspecified atom stereocenters. The predicted molar refractivity (Wildman–Crippen MR) is 117 cm³/mol. The van der Waals surface area contributed by atoms with E-state index in [1.54, 1.807) is 19.2 Å². The lowest BCUT2D eigenvalue weighted by atomic mass is 10.1. The Morgan fingerprint density at radius 2 is 1.73 bits per heavy atom. The van der Waals surface area contributed by atoms with Gasteiger partial charge in [-0.15, -0.1) is 11.3 Å². The predicted octanol–water partition coefficient (Wildman–Crippen LogP) is 4.15. The van der Waals surface area contributed by atoms with Crippen molar-refractivity contribution in [1.29, 1.82) is 0 Å².